The lowest BCUT2D eigenvalue weighted by Gasteiger charge is -2.25. The molecular weight excluding hydrogens is 270 g/mol. The molecule has 0 N–H and O–H groups in total. The molecule has 106 valence electrons. The summed E-state index contributed by atoms with van der Waals surface area (Å²) >= 11 is 0. The van der Waals surface area contributed by atoms with Gasteiger partial charge in [-0.25, -0.2) is 8.42 Å². The Kier molecular flexibility index (Phi) is 4.64. The van der Waals surface area contributed by atoms with Crippen molar-refractivity contribution in [1.82, 2.24) is 4.31 Å². The number of aryl methyl sites for hydroxylation is 1. The van der Waals surface area contributed by atoms with Crippen LogP contribution in [0.25, 0.3) is 0 Å². The standard InChI is InChI=1S/C16H19NO2S/c1-3-4-13-17(15-7-5-6-8-15)20(18,19)16-11-9-14(2)10-12-16/h5,7,9-12,15H,6,8,13H2,1-2H3. The number of sulfonamides is 1. The number of hydrogen-bond donors (Lipinski definition) is 0. The minimum absolute atomic E-state index is 0.0813. The van der Waals surface area contributed by atoms with Crippen molar-refractivity contribution >= 4 is 10.0 Å². The van der Waals surface area contributed by atoms with E-state index in [1.807, 2.05) is 31.2 Å². The topological polar surface area (TPSA) is 37.4 Å². The van der Waals surface area contributed by atoms with E-state index in [9.17, 15) is 8.42 Å². The number of allylic oxidation sites excluding steroid dienone is 1. The molecule has 1 aromatic carbocycles. The Bertz CT molecular complexity index is 648. The van der Waals surface area contributed by atoms with Crippen molar-refractivity contribution in [3.63, 3.8) is 0 Å². The molecule has 0 amide bonds. The van der Waals surface area contributed by atoms with E-state index in [0.717, 1.165) is 18.4 Å². The summed E-state index contributed by atoms with van der Waals surface area (Å²) in [5, 5.41) is 0. The van der Waals surface area contributed by atoms with Crippen LogP contribution in [0.2, 0.25) is 0 Å². The van der Waals surface area contributed by atoms with E-state index >= 15 is 0 Å². The van der Waals surface area contributed by atoms with E-state index < -0.39 is 10.0 Å². The molecule has 0 bridgehead atoms. The fourth-order valence-corrected chi connectivity index (χ4v) is 3.76. The average molecular weight is 289 g/mol. The monoisotopic (exact) mass is 289 g/mol. The molecule has 0 heterocycles. The van der Waals surface area contributed by atoms with Gasteiger partial charge < -0.3 is 0 Å². The van der Waals surface area contributed by atoms with Crippen molar-refractivity contribution in [1.29, 1.82) is 0 Å². The first-order valence-corrected chi connectivity index (χ1v) is 8.14. The van der Waals surface area contributed by atoms with Gasteiger partial charge in [-0.3, -0.25) is 0 Å². The summed E-state index contributed by atoms with van der Waals surface area (Å²) in [5.74, 6) is 5.65. The minimum Gasteiger partial charge on any atom is -0.207 e. The quantitative estimate of drug-likeness (QED) is 0.631. The molecular formula is C16H19NO2S. The maximum atomic E-state index is 12.8. The van der Waals surface area contributed by atoms with Crippen LogP contribution in [-0.2, 0) is 10.0 Å². The molecule has 1 aliphatic carbocycles. The molecule has 0 saturated heterocycles. The summed E-state index contributed by atoms with van der Waals surface area (Å²) in [7, 11) is -3.49. The minimum atomic E-state index is -3.49. The van der Waals surface area contributed by atoms with E-state index in [2.05, 4.69) is 11.8 Å². The third-order valence-corrected chi connectivity index (χ3v) is 5.28. The van der Waals surface area contributed by atoms with Crippen LogP contribution in [0.15, 0.2) is 41.3 Å². The molecule has 1 aliphatic rings. The van der Waals surface area contributed by atoms with Gasteiger partial charge in [-0.15, -0.1) is 5.92 Å². The van der Waals surface area contributed by atoms with Crippen LogP contribution in [0.1, 0.15) is 25.3 Å². The first kappa shape index (κ1) is 14.8. The molecule has 0 fully saturated rings. The van der Waals surface area contributed by atoms with Crippen molar-refractivity contribution in [2.24, 2.45) is 0 Å². The van der Waals surface area contributed by atoms with Crippen LogP contribution < -0.4 is 0 Å². The SMILES string of the molecule is CC#CCN(C1C=CCC1)S(=O)(=O)c1ccc(C)cc1. The highest BCUT2D eigenvalue weighted by Gasteiger charge is 2.30. The second kappa shape index (κ2) is 6.25. The van der Waals surface area contributed by atoms with Gasteiger partial charge in [0.15, 0.2) is 0 Å². The summed E-state index contributed by atoms with van der Waals surface area (Å²) in [4.78, 5) is 0.335. The van der Waals surface area contributed by atoms with Crippen molar-refractivity contribution in [2.45, 2.75) is 37.6 Å². The van der Waals surface area contributed by atoms with Crippen molar-refractivity contribution in [3.8, 4) is 11.8 Å². The zero-order valence-corrected chi connectivity index (χ0v) is 12.7. The van der Waals surface area contributed by atoms with Gasteiger partial charge in [0.2, 0.25) is 10.0 Å². The van der Waals surface area contributed by atoms with Crippen LogP contribution in [0.5, 0.6) is 0 Å². The lowest BCUT2D eigenvalue weighted by atomic mass is 10.2. The number of benzene rings is 1. The zero-order valence-electron chi connectivity index (χ0n) is 11.8. The van der Waals surface area contributed by atoms with Crippen LogP contribution in [0, 0.1) is 18.8 Å². The van der Waals surface area contributed by atoms with Crippen LogP contribution >= 0.6 is 0 Å². The van der Waals surface area contributed by atoms with Gasteiger partial charge in [-0.05, 0) is 38.8 Å². The van der Waals surface area contributed by atoms with Crippen LogP contribution in [0.4, 0.5) is 0 Å². The lowest BCUT2D eigenvalue weighted by molar-refractivity contribution is 0.389. The summed E-state index contributed by atoms with van der Waals surface area (Å²) in [5.41, 5.74) is 1.05. The molecule has 1 unspecified atom stereocenters. The first-order chi connectivity index (χ1) is 9.55. The Balaban J connectivity index is 2.36. The predicted octanol–water partition coefficient (Wildman–Crippen LogP) is 2.73. The van der Waals surface area contributed by atoms with Crippen molar-refractivity contribution < 1.29 is 8.42 Å². The largest absolute Gasteiger partial charge is 0.244 e. The molecule has 0 saturated carbocycles. The van der Waals surface area contributed by atoms with Gasteiger partial charge in [-0.1, -0.05) is 35.8 Å². The molecule has 0 aliphatic heterocycles. The molecule has 20 heavy (non-hydrogen) atoms. The highest BCUT2D eigenvalue weighted by Crippen LogP contribution is 2.24. The smallest absolute Gasteiger partial charge is 0.207 e. The Labute approximate surface area is 121 Å². The summed E-state index contributed by atoms with van der Waals surface area (Å²) in [6.45, 7) is 3.90. The lowest BCUT2D eigenvalue weighted by Crippen LogP contribution is -2.38. The second-order valence-corrected chi connectivity index (χ2v) is 6.75. The van der Waals surface area contributed by atoms with Crippen molar-refractivity contribution in [3.05, 3.63) is 42.0 Å². The Morgan fingerprint density at radius 1 is 1.30 bits per heavy atom. The summed E-state index contributed by atoms with van der Waals surface area (Å²) in [6.07, 6.45) is 5.74. The van der Waals surface area contributed by atoms with Gasteiger partial charge in [0, 0.05) is 6.04 Å². The van der Waals surface area contributed by atoms with E-state index in [4.69, 9.17) is 0 Å². The van der Waals surface area contributed by atoms with Gasteiger partial charge in [-0.2, -0.15) is 4.31 Å². The van der Waals surface area contributed by atoms with Crippen molar-refractivity contribution in [2.75, 3.05) is 6.54 Å². The third-order valence-electron chi connectivity index (χ3n) is 3.40. The zero-order chi connectivity index (χ0) is 14.6. The van der Waals surface area contributed by atoms with E-state index in [1.54, 1.807) is 19.1 Å². The maximum absolute atomic E-state index is 12.8. The third kappa shape index (κ3) is 3.12. The Morgan fingerprint density at radius 2 is 2.00 bits per heavy atom. The second-order valence-electron chi connectivity index (χ2n) is 4.86. The molecule has 4 heteroatoms. The summed E-state index contributed by atoms with van der Waals surface area (Å²) < 4.78 is 27.0. The highest BCUT2D eigenvalue weighted by atomic mass is 32.2. The number of hydrogen-bond acceptors (Lipinski definition) is 2. The number of nitrogens with zero attached hydrogens (tertiary/aromatic N) is 1. The molecule has 0 radical (unpaired) electrons. The highest BCUT2D eigenvalue weighted by molar-refractivity contribution is 7.89. The maximum Gasteiger partial charge on any atom is 0.244 e. The molecule has 2 rings (SSSR count). The number of rotatable bonds is 4. The van der Waals surface area contributed by atoms with Gasteiger partial charge in [0.25, 0.3) is 0 Å². The fraction of sp³-hybridized carbons (Fsp3) is 0.375. The first-order valence-electron chi connectivity index (χ1n) is 6.70. The molecule has 0 spiro atoms. The molecule has 3 nitrogen and oxygen atoms in total. The fourth-order valence-electron chi connectivity index (χ4n) is 2.24. The predicted molar refractivity (Wildman–Crippen MR) is 80.7 cm³/mol. The Hall–Kier alpha value is -1.57. The average Bonchev–Trinajstić information content (AvgIpc) is 2.93. The Morgan fingerprint density at radius 3 is 2.55 bits per heavy atom. The molecule has 1 atom stereocenters. The van der Waals surface area contributed by atoms with Crippen LogP contribution in [-0.4, -0.2) is 25.3 Å². The van der Waals surface area contributed by atoms with E-state index in [1.165, 1.54) is 4.31 Å². The van der Waals surface area contributed by atoms with Crippen LogP contribution in [0.3, 0.4) is 0 Å². The van der Waals surface area contributed by atoms with Gasteiger partial charge >= 0.3 is 0 Å². The van der Waals surface area contributed by atoms with Gasteiger partial charge in [0.05, 0.1) is 11.4 Å². The normalized spacial score (nSPS) is 18.1. The van der Waals surface area contributed by atoms with E-state index in [-0.39, 0.29) is 12.6 Å². The molecule has 0 aromatic heterocycles. The van der Waals surface area contributed by atoms with Gasteiger partial charge in [0.1, 0.15) is 0 Å². The summed E-state index contributed by atoms with van der Waals surface area (Å²) in [6, 6.07) is 6.88. The molecule has 1 aromatic rings. The van der Waals surface area contributed by atoms with E-state index in [0.29, 0.717) is 4.90 Å².